The van der Waals surface area contributed by atoms with E-state index in [0.717, 1.165) is 11.9 Å². The molecule has 2 aromatic rings. The van der Waals surface area contributed by atoms with E-state index in [1.165, 1.54) is 16.5 Å². The van der Waals surface area contributed by atoms with E-state index >= 15 is 0 Å². The van der Waals surface area contributed by atoms with Gasteiger partial charge in [0.05, 0.1) is 0 Å². The number of carboxylic acids is 1. The molecule has 1 aromatic heterocycles. The summed E-state index contributed by atoms with van der Waals surface area (Å²) >= 11 is 0. The Morgan fingerprint density at radius 2 is 2.10 bits per heavy atom. The first-order chi connectivity index (χ1) is 10.1. The summed E-state index contributed by atoms with van der Waals surface area (Å²) in [5.41, 5.74) is 3.52. The number of benzene rings is 1. The van der Waals surface area contributed by atoms with E-state index in [1.807, 2.05) is 12.3 Å². The number of carbonyl (C=O) groups is 2. The highest BCUT2D eigenvalue weighted by atomic mass is 16.4. The maximum Gasteiger partial charge on any atom is 0.303 e. The number of fused-ring (bicyclic) bond motifs is 1. The zero-order valence-corrected chi connectivity index (χ0v) is 12.1. The second-order valence-corrected chi connectivity index (χ2v) is 5.16. The Balaban J connectivity index is 1.81. The monoisotopic (exact) mass is 288 g/mol. The fraction of sp³-hybridized carbons (Fsp3) is 0.375. The molecule has 0 atom stereocenters. The summed E-state index contributed by atoms with van der Waals surface area (Å²) in [7, 11) is 0. The summed E-state index contributed by atoms with van der Waals surface area (Å²) in [5.74, 6) is -0.954. The minimum Gasteiger partial charge on any atom is -0.481 e. The number of aromatic amines is 1. The number of aliphatic carboxylic acids is 1. The molecule has 3 N–H and O–H groups in total. The van der Waals surface area contributed by atoms with Gasteiger partial charge in [-0.05, 0) is 30.9 Å². The van der Waals surface area contributed by atoms with Gasteiger partial charge in [0.25, 0.3) is 0 Å². The molecule has 0 aliphatic carbocycles. The molecule has 21 heavy (non-hydrogen) atoms. The van der Waals surface area contributed by atoms with Crippen molar-refractivity contribution in [1.82, 2.24) is 10.3 Å². The highest BCUT2D eigenvalue weighted by Crippen LogP contribution is 2.21. The average Bonchev–Trinajstić information content (AvgIpc) is 2.83. The first-order valence-corrected chi connectivity index (χ1v) is 7.12. The lowest BCUT2D eigenvalue weighted by atomic mass is 10.1. The lowest BCUT2D eigenvalue weighted by Crippen LogP contribution is -2.25. The molecular weight excluding hydrogens is 268 g/mol. The van der Waals surface area contributed by atoms with Crippen molar-refractivity contribution < 1.29 is 14.7 Å². The zero-order valence-electron chi connectivity index (χ0n) is 12.1. The van der Waals surface area contributed by atoms with E-state index in [-0.39, 0.29) is 18.7 Å². The molecule has 0 saturated carbocycles. The molecule has 112 valence electrons. The Morgan fingerprint density at radius 3 is 2.86 bits per heavy atom. The molecule has 5 heteroatoms. The van der Waals surface area contributed by atoms with Crippen molar-refractivity contribution in [1.29, 1.82) is 0 Å². The van der Waals surface area contributed by atoms with Gasteiger partial charge in [0, 0.05) is 36.5 Å². The Labute approximate surface area is 123 Å². The second-order valence-electron chi connectivity index (χ2n) is 5.16. The van der Waals surface area contributed by atoms with Crippen molar-refractivity contribution in [3.63, 3.8) is 0 Å². The number of nitrogens with one attached hydrogen (secondary N) is 2. The normalized spacial score (nSPS) is 10.7. The van der Waals surface area contributed by atoms with Gasteiger partial charge >= 0.3 is 5.97 Å². The number of carboxylic acid groups (broad SMARTS) is 1. The van der Waals surface area contributed by atoms with Crippen molar-refractivity contribution in [2.24, 2.45) is 0 Å². The van der Waals surface area contributed by atoms with Crippen LogP contribution in [0.2, 0.25) is 0 Å². The summed E-state index contributed by atoms with van der Waals surface area (Å²) in [6.45, 7) is 2.62. The van der Waals surface area contributed by atoms with Crippen LogP contribution in [0.25, 0.3) is 10.9 Å². The quantitative estimate of drug-likeness (QED) is 0.731. The van der Waals surface area contributed by atoms with Gasteiger partial charge in [-0.2, -0.15) is 0 Å². The van der Waals surface area contributed by atoms with Gasteiger partial charge < -0.3 is 15.4 Å². The number of carbonyl (C=O) groups excluding carboxylic acids is 1. The molecule has 1 amide bonds. The molecular formula is C16H20N2O3. The minimum atomic E-state index is -0.864. The molecule has 5 nitrogen and oxygen atoms in total. The Hall–Kier alpha value is -2.30. The largest absolute Gasteiger partial charge is 0.481 e. The Morgan fingerprint density at radius 1 is 1.29 bits per heavy atom. The van der Waals surface area contributed by atoms with Crippen molar-refractivity contribution in [2.45, 2.75) is 32.6 Å². The molecule has 0 unspecified atom stereocenters. The maximum absolute atomic E-state index is 11.6. The molecule has 0 aliphatic heterocycles. The van der Waals surface area contributed by atoms with Crippen LogP contribution in [0.3, 0.4) is 0 Å². The SMILES string of the molecule is Cc1cccc2c(CCNC(=O)CCCC(=O)O)c[nH]c12. The summed E-state index contributed by atoms with van der Waals surface area (Å²) in [6.07, 6.45) is 3.42. The van der Waals surface area contributed by atoms with Crippen molar-refractivity contribution in [2.75, 3.05) is 6.54 Å². The van der Waals surface area contributed by atoms with Gasteiger partial charge in [0.2, 0.25) is 5.91 Å². The number of para-hydroxylation sites is 1. The molecule has 0 bridgehead atoms. The third-order valence-corrected chi connectivity index (χ3v) is 3.52. The number of hydrogen-bond donors (Lipinski definition) is 3. The third kappa shape index (κ3) is 4.08. The number of amides is 1. The highest BCUT2D eigenvalue weighted by molar-refractivity contribution is 5.86. The van der Waals surface area contributed by atoms with Crippen LogP contribution in [0.4, 0.5) is 0 Å². The molecule has 0 aliphatic rings. The summed E-state index contributed by atoms with van der Waals surface area (Å²) in [5, 5.41) is 12.5. The Bertz CT molecular complexity index is 646. The van der Waals surface area contributed by atoms with Gasteiger partial charge in [-0.25, -0.2) is 0 Å². The Kier molecular flexibility index (Phi) is 4.98. The van der Waals surface area contributed by atoms with Crippen LogP contribution in [-0.2, 0) is 16.0 Å². The maximum atomic E-state index is 11.6. The van der Waals surface area contributed by atoms with Crippen LogP contribution in [0, 0.1) is 6.92 Å². The van der Waals surface area contributed by atoms with Crippen molar-refractivity contribution >= 4 is 22.8 Å². The van der Waals surface area contributed by atoms with E-state index in [4.69, 9.17) is 5.11 Å². The number of hydrogen-bond acceptors (Lipinski definition) is 2. The average molecular weight is 288 g/mol. The smallest absolute Gasteiger partial charge is 0.303 e. The highest BCUT2D eigenvalue weighted by Gasteiger charge is 2.07. The van der Waals surface area contributed by atoms with Crippen LogP contribution in [-0.4, -0.2) is 28.5 Å². The zero-order chi connectivity index (χ0) is 15.2. The van der Waals surface area contributed by atoms with Crippen LogP contribution < -0.4 is 5.32 Å². The predicted octanol–water partition coefficient (Wildman–Crippen LogP) is 2.39. The fourth-order valence-corrected chi connectivity index (χ4v) is 2.40. The second kappa shape index (κ2) is 6.92. The van der Waals surface area contributed by atoms with Crippen LogP contribution >= 0.6 is 0 Å². The third-order valence-electron chi connectivity index (χ3n) is 3.52. The lowest BCUT2D eigenvalue weighted by Gasteiger charge is -2.04. The lowest BCUT2D eigenvalue weighted by molar-refractivity contribution is -0.137. The van der Waals surface area contributed by atoms with Crippen molar-refractivity contribution in [3.05, 3.63) is 35.5 Å². The first kappa shape index (κ1) is 15.1. The molecule has 0 radical (unpaired) electrons. The number of aromatic nitrogens is 1. The fourth-order valence-electron chi connectivity index (χ4n) is 2.40. The van der Waals surface area contributed by atoms with E-state index in [1.54, 1.807) is 0 Å². The van der Waals surface area contributed by atoms with Crippen LogP contribution in [0.15, 0.2) is 24.4 Å². The summed E-state index contributed by atoms with van der Waals surface area (Å²) in [4.78, 5) is 25.2. The topological polar surface area (TPSA) is 82.2 Å². The van der Waals surface area contributed by atoms with Crippen LogP contribution in [0.1, 0.15) is 30.4 Å². The van der Waals surface area contributed by atoms with E-state index in [9.17, 15) is 9.59 Å². The predicted molar refractivity (Wildman–Crippen MR) is 81.2 cm³/mol. The molecule has 1 aromatic carbocycles. The van der Waals surface area contributed by atoms with E-state index in [2.05, 4.69) is 29.4 Å². The van der Waals surface area contributed by atoms with Crippen LogP contribution in [0.5, 0.6) is 0 Å². The van der Waals surface area contributed by atoms with E-state index < -0.39 is 5.97 Å². The molecule has 0 saturated heterocycles. The van der Waals surface area contributed by atoms with Gasteiger partial charge in [0.15, 0.2) is 0 Å². The van der Waals surface area contributed by atoms with Gasteiger partial charge in [-0.1, -0.05) is 18.2 Å². The molecule has 1 heterocycles. The molecule has 2 rings (SSSR count). The molecule has 0 spiro atoms. The van der Waals surface area contributed by atoms with Gasteiger partial charge in [0.1, 0.15) is 0 Å². The molecule has 0 fully saturated rings. The van der Waals surface area contributed by atoms with Gasteiger partial charge in [-0.3, -0.25) is 9.59 Å². The number of aryl methyl sites for hydroxylation is 1. The standard InChI is InChI=1S/C16H20N2O3/c1-11-4-2-5-13-12(10-18-16(11)13)8-9-17-14(19)6-3-7-15(20)21/h2,4-5,10,18H,3,6-9H2,1H3,(H,17,19)(H,20,21). The van der Waals surface area contributed by atoms with Crippen molar-refractivity contribution in [3.8, 4) is 0 Å². The van der Waals surface area contributed by atoms with Gasteiger partial charge in [-0.15, -0.1) is 0 Å². The number of rotatable bonds is 7. The van der Waals surface area contributed by atoms with E-state index in [0.29, 0.717) is 13.0 Å². The summed E-state index contributed by atoms with van der Waals surface area (Å²) in [6, 6.07) is 6.16. The number of H-pyrrole nitrogens is 1. The first-order valence-electron chi connectivity index (χ1n) is 7.12. The minimum absolute atomic E-state index is 0.0369. The summed E-state index contributed by atoms with van der Waals surface area (Å²) < 4.78 is 0.